The Morgan fingerprint density at radius 2 is 1.94 bits per heavy atom. The van der Waals surface area contributed by atoms with Gasteiger partial charge in [-0.3, -0.25) is 9.89 Å². The molecule has 1 amide bonds. The molecule has 3 atom stereocenters. The van der Waals surface area contributed by atoms with Crippen LogP contribution in [0.25, 0.3) is 0 Å². The second-order valence-corrected chi connectivity index (χ2v) is 10.2. The maximum Gasteiger partial charge on any atom is 0.409 e. The van der Waals surface area contributed by atoms with E-state index >= 15 is 0 Å². The molecule has 0 unspecified atom stereocenters. The number of hydrogen-bond acceptors (Lipinski definition) is 6. The molecule has 5 rings (SSSR count). The van der Waals surface area contributed by atoms with Gasteiger partial charge in [-0.1, -0.05) is 65.3 Å². The number of nitrogens with zero attached hydrogens (tertiary/aromatic N) is 2. The van der Waals surface area contributed by atoms with Crippen LogP contribution in [-0.2, 0) is 11.3 Å². The Balaban J connectivity index is 1.45. The van der Waals surface area contributed by atoms with Crippen LogP contribution >= 0.6 is 27.7 Å². The number of carbonyl (C=O) groups excluding carboxylic acids is 1. The molecule has 0 spiro atoms. The molecule has 0 saturated heterocycles. The zero-order valence-electron chi connectivity index (χ0n) is 18.8. The van der Waals surface area contributed by atoms with Gasteiger partial charge in [-0.2, -0.15) is 0 Å². The van der Waals surface area contributed by atoms with Gasteiger partial charge in [-0.25, -0.2) is 4.79 Å². The van der Waals surface area contributed by atoms with Crippen LogP contribution in [0.15, 0.2) is 87.2 Å². The Hall–Kier alpha value is -2.97. The van der Waals surface area contributed by atoms with Gasteiger partial charge in [0.25, 0.3) is 0 Å². The fourth-order valence-electron chi connectivity index (χ4n) is 4.30. The number of thioether (sulfide) groups is 1. The van der Waals surface area contributed by atoms with Crippen LogP contribution in [0.5, 0.6) is 5.75 Å². The van der Waals surface area contributed by atoms with Crippen molar-refractivity contribution in [3.63, 3.8) is 0 Å². The lowest BCUT2D eigenvalue weighted by molar-refractivity contribution is 0.131. The molecule has 0 aliphatic carbocycles. The fourth-order valence-corrected chi connectivity index (χ4v) is 5.84. The van der Waals surface area contributed by atoms with Crippen molar-refractivity contribution in [2.45, 2.75) is 30.6 Å². The number of fused-ring (bicyclic) bond motifs is 3. The van der Waals surface area contributed by atoms with Crippen LogP contribution in [0.3, 0.4) is 0 Å². The van der Waals surface area contributed by atoms with E-state index in [0.29, 0.717) is 0 Å². The molecule has 0 aromatic heterocycles. The summed E-state index contributed by atoms with van der Waals surface area (Å²) < 4.78 is 12.0. The molecule has 0 radical (unpaired) electrons. The molecule has 0 bridgehead atoms. The van der Waals surface area contributed by atoms with Crippen molar-refractivity contribution in [1.82, 2.24) is 5.32 Å². The van der Waals surface area contributed by atoms with Crippen molar-refractivity contribution < 1.29 is 14.3 Å². The number of carbonyl (C=O) groups is 1. The molecule has 174 valence electrons. The maximum atomic E-state index is 12.9. The summed E-state index contributed by atoms with van der Waals surface area (Å²) in [6.07, 6.45) is -0.788. The van der Waals surface area contributed by atoms with Gasteiger partial charge in [0.2, 0.25) is 0 Å². The molecule has 0 fully saturated rings. The van der Waals surface area contributed by atoms with Crippen LogP contribution < -0.4 is 15.0 Å². The van der Waals surface area contributed by atoms with Gasteiger partial charge < -0.3 is 14.8 Å². The fraction of sp³-hybridized carbons (Fsp3) is 0.231. The van der Waals surface area contributed by atoms with Crippen LogP contribution in [-0.4, -0.2) is 24.5 Å². The summed E-state index contributed by atoms with van der Waals surface area (Å²) in [6.45, 7) is 2.33. The number of anilines is 1. The van der Waals surface area contributed by atoms with Crippen molar-refractivity contribution >= 4 is 44.6 Å². The molecular weight excluding hydrogens is 514 g/mol. The third kappa shape index (κ3) is 4.52. The van der Waals surface area contributed by atoms with Gasteiger partial charge >= 0.3 is 6.09 Å². The lowest BCUT2D eigenvalue weighted by Crippen LogP contribution is -2.56. The molecular formula is C26H24BrN3O3S. The molecule has 6 nitrogen and oxygen atoms in total. The highest BCUT2D eigenvalue weighted by atomic mass is 79.9. The third-order valence-electron chi connectivity index (χ3n) is 6.03. The first-order chi connectivity index (χ1) is 16.5. The number of nitrogens with one attached hydrogen (secondary N) is 1. The van der Waals surface area contributed by atoms with E-state index in [1.807, 2.05) is 60.7 Å². The van der Waals surface area contributed by atoms with E-state index in [0.717, 1.165) is 37.1 Å². The highest BCUT2D eigenvalue weighted by Gasteiger charge is 2.43. The van der Waals surface area contributed by atoms with Crippen molar-refractivity contribution in [3.05, 3.63) is 88.4 Å². The number of halogens is 1. The first-order valence-electron chi connectivity index (χ1n) is 11.0. The molecule has 0 saturated carbocycles. The molecule has 8 heteroatoms. The third-order valence-corrected chi connectivity index (χ3v) is 7.55. The van der Waals surface area contributed by atoms with E-state index in [1.54, 1.807) is 18.9 Å². The number of aliphatic imine (C=N–C) groups is 1. The van der Waals surface area contributed by atoms with Gasteiger partial charge in [-0.05, 0) is 53.2 Å². The number of rotatable bonds is 5. The first kappa shape index (κ1) is 22.8. The Morgan fingerprint density at radius 1 is 1.12 bits per heavy atom. The topological polar surface area (TPSA) is 63.2 Å². The average Bonchev–Trinajstić information content (AvgIpc) is 3.22. The molecule has 2 heterocycles. The number of hydrogen-bond donors (Lipinski definition) is 1. The highest BCUT2D eigenvalue weighted by molar-refractivity contribution is 9.10. The van der Waals surface area contributed by atoms with Gasteiger partial charge in [0, 0.05) is 15.3 Å². The normalized spacial score (nSPS) is 20.7. The van der Waals surface area contributed by atoms with E-state index in [1.165, 1.54) is 0 Å². The van der Waals surface area contributed by atoms with Gasteiger partial charge in [0.15, 0.2) is 5.17 Å². The monoisotopic (exact) mass is 537 g/mol. The first-order valence-corrected chi connectivity index (χ1v) is 12.6. The summed E-state index contributed by atoms with van der Waals surface area (Å²) in [5.74, 6) is 0.769. The van der Waals surface area contributed by atoms with Crippen molar-refractivity contribution in [3.8, 4) is 5.75 Å². The molecule has 34 heavy (non-hydrogen) atoms. The number of alkyl carbamates (subject to hydrolysis) is 1. The SMILES string of the molecule is COc1ccc2c(c1)SC1=N[C@@H](c3cccc(Br)c3)[C@H](C)[C@H](NC(=O)OCc3ccccc3)N12. The van der Waals surface area contributed by atoms with E-state index in [-0.39, 0.29) is 24.7 Å². The van der Waals surface area contributed by atoms with E-state index in [2.05, 4.69) is 45.2 Å². The van der Waals surface area contributed by atoms with E-state index in [4.69, 9.17) is 14.5 Å². The second kappa shape index (κ2) is 9.72. The largest absolute Gasteiger partial charge is 0.497 e. The van der Waals surface area contributed by atoms with Crippen molar-refractivity contribution in [2.24, 2.45) is 10.9 Å². The van der Waals surface area contributed by atoms with Crippen LogP contribution in [0.2, 0.25) is 0 Å². The van der Waals surface area contributed by atoms with E-state index < -0.39 is 6.09 Å². The highest BCUT2D eigenvalue weighted by Crippen LogP contribution is 2.48. The summed E-state index contributed by atoms with van der Waals surface area (Å²) in [5, 5.41) is 3.97. The number of ether oxygens (including phenoxy) is 2. The zero-order valence-corrected chi connectivity index (χ0v) is 21.2. The summed E-state index contributed by atoms with van der Waals surface area (Å²) in [4.78, 5) is 21.1. The van der Waals surface area contributed by atoms with Gasteiger partial charge in [0.1, 0.15) is 18.5 Å². The van der Waals surface area contributed by atoms with Gasteiger partial charge in [-0.15, -0.1) is 0 Å². The molecule has 2 aliphatic rings. The molecule has 3 aromatic rings. The summed E-state index contributed by atoms with van der Waals surface area (Å²) >= 11 is 5.16. The van der Waals surface area contributed by atoms with Crippen molar-refractivity contribution in [1.29, 1.82) is 0 Å². The minimum Gasteiger partial charge on any atom is -0.497 e. The smallest absolute Gasteiger partial charge is 0.409 e. The zero-order chi connectivity index (χ0) is 23.7. The predicted octanol–water partition coefficient (Wildman–Crippen LogP) is 6.37. The van der Waals surface area contributed by atoms with Gasteiger partial charge in [0.05, 0.1) is 18.8 Å². The lowest BCUT2D eigenvalue weighted by Gasteiger charge is -2.41. The Morgan fingerprint density at radius 3 is 2.71 bits per heavy atom. The van der Waals surface area contributed by atoms with Crippen LogP contribution in [0.1, 0.15) is 24.1 Å². The standard InChI is InChI=1S/C26H24BrN3O3S/c1-16-23(18-9-6-10-19(27)13-18)28-25-30(21-12-11-20(32-2)14-22(21)34-25)24(16)29-26(31)33-15-17-7-4-3-5-8-17/h3-14,16,23-24H,15H2,1-2H3,(H,29,31)/t16-,23+,24+/m0/s1. The quantitative estimate of drug-likeness (QED) is 0.409. The molecule has 3 aromatic carbocycles. The summed E-state index contributed by atoms with van der Waals surface area (Å²) in [5.41, 5.74) is 3.03. The second-order valence-electron chi connectivity index (χ2n) is 8.23. The number of amidine groups is 1. The maximum absolute atomic E-state index is 12.9. The molecule has 2 aliphatic heterocycles. The average molecular weight is 538 g/mol. The van der Waals surface area contributed by atoms with Crippen molar-refractivity contribution in [2.75, 3.05) is 12.0 Å². The number of benzene rings is 3. The Kier molecular flexibility index (Phi) is 6.52. The Bertz CT molecular complexity index is 1240. The Labute approximate surface area is 211 Å². The summed E-state index contributed by atoms with van der Waals surface area (Å²) in [6, 6.07) is 23.7. The number of amides is 1. The number of methoxy groups -OCH3 is 1. The summed E-state index contributed by atoms with van der Waals surface area (Å²) in [7, 11) is 1.66. The van der Waals surface area contributed by atoms with E-state index in [9.17, 15) is 4.79 Å². The predicted molar refractivity (Wildman–Crippen MR) is 138 cm³/mol. The lowest BCUT2D eigenvalue weighted by atomic mass is 9.90. The van der Waals surface area contributed by atoms with Crippen LogP contribution in [0.4, 0.5) is 10.5 Å². The van der Waals surface area contributed by atoms with Crippen LogP contribution in [0, 0.1) is 5.92 Å². The minimum absolute atomic E-state index is 0.0176. The molecule has 1 N–H and O–H groups in total. The minimum atomic E-state index is -0.457.